The second kappa shape index (κ2) is 22.6. The summed E-state index contributed by atoms with van der Waals surface area (Å²) < 4.78 is 93.6. The molecular weight excluding hydrogens is 1030 g/mol. The van der Waals surface area contributed by atoms with Crippen LogP contribution in [0.2, 0.25) is 10.0 Å². The minimum atomic E-state index is -4.49. The SMILES string of the molecule is O=C(NCc1ccc(S(=O)(=O)N2CCN(C(=O)c3ccc(C(F)(F)F)cc3)CC2)s1)c1ccc(Cl)cc1.O=C(NCc1ccc(S(=O)(=O)N2CCN(C(=O)c3ccccc3)CC2)s1)c1ccc(Cl)cc1. The fraction of sp³-hybridized carbons (Fsp3) is 0.234. The number of carbonyl (C=O) groups is 4. The normalized spacial score (nSPS) is 14.9. The standard InChI is InChI=1S/C24H21ClF3N3O4S2.C23H22ClN3O4S2/c25-19-7-3-16(4-8-19)22(32)29-15-20-9-10-21(36-20)37(34,35)31-13-11-30(12-14-31)23(33)17-1-5-18(6-2-17)24(26,27)28;24-19-8-6-17(7-9-19)22(28)25-16-20-10-11-21(32-20)33(30,31)27-14-12-26(13-15-27)23(29)18-4-2-1-3-5-18/h1-10H,11-15H2,(H,29,32);1-11H,12-16H2,(H,25,28). The van der Waals surface area contributed by atoms with E-state index in [0.29, 0.717) is 44.7 Å². The van der Waals surface area contributed by atoms with Gasteiger partial charge in [0.2, 0.25) is 0 Å². The van der Waals surface area contributed by atoms with Gasteiger partial charge in [-0.2, -0.15) is 21.8 Å². The van der Waals surface area contributed by atoms with Gasteiger partial charge in [0.25, 0.3) is 43.7 Å². The summed E-state index contributed by atoms with van der Waals surface area (Å²) in [6, 6.07) is 32.2. The molecule has 2 N–H and O–H groups in total. The molecule has 4 heterocycles. The molecule has 8 rings (SSSR count). The number of hydrogen-bond acceptors (Lipinski definition) is 10. The van der Waals surface area contributed by atoms with Crippen molar-refractivity contribution >= 4 is 89.6 Å². The van der Waals surface area contributed by atoms with Crippen LogP contribution < -0.4 is 10.6 Å². The molecule has 0 radical (unpaired) electrons. The number of halogens is 5. The van der Waals surface area contributed by atoms with Crippen LogP contribution in [-0.4, -0.2) is 111 Å². The number of benzene rings is 4. The van der Waals surface area contributed by atoms with E-state index in [9.17, 15) is 49.2 Å². The highest BCUT2D eigenvalue weighted by Gasteiger charge is 2.34. The van der Waals surface area contributed by atoms with Crippen LogP contribution in [0.3, 0.4) is 0 Å². The van der Waals surface area contributed by atoms with Crippen LogP contribution in [0, 0.1) is 0 Å². The largest absolute Gasteiger partial charge is 0.416 e. The maximum atomic E-state index is 13.1. The minimum Gasteiger partial charge on any atom is -0.347 e. The summed E-state index contributed by atoms with van der Waals surface area (Å²) in [6.45, 7) is 1.83. The topological polar surface area (TPSA) is 174 Å². The number of rotatable bonds is 12. The summed E-state index contributed by atoms with van der Waals surface area (Å²) in [7, 11) is -7.47. The molecule has 14 nitrogen and oxygen atoms in total. The van der Waals surface area contributed by atoms with E-state index in [1.807, 2.05) is 6.07 Å². The van der Waals surface area contributed by atoms with Gasteiger partial charge in [0.1, 0.15) is 8.42 Å². The molecule has 2 fully saturated rings. The molecule has 2 aliphatic heterocycles. The first-order chi connectivity index (χ1) is 33.3. The molecule has 0 aliphatic carbocycles. The fourth-order valence-electron chi connectivity index (χ4n) is 7.19. The summed E-state index contributed by atoms with van der Waals surface area (Å²) in [6.07, 6.45) is -4.49. The summed E-state index contributed by atoms with van der Waals surface area (Å²) in [5.41, 5.74) is 0.759. The van der Waals surface area contributed by atoms with Gasteiger partial charge in [-0.25, -0.2) is 16.8 Å². The average Bonchev–Trinajstić information content (AvgIpc) is 4.07. The predicted octanol–water partition coefficient (Wildman–Crippen LogP) is 7.98. The highest BCUT2D eigenvalue weighted by molar-refractivity contribution is 7.91. The van der Waals surface area contributed by atoms with Crippen molar-refractivity contribution in [3.8, 4) is 0 Å². The smallest absolute Gasteiger partial charge is 0.347 e. The minimum absolute atomic E-state index is 0.0508. The molecule has 23 heteroatoms. The Bertz CT molecular complexity index is 3030. The molecule has 70 heavy (non-hydrogen) atoms. The molecule has 0 unspecified atom stereocenters. The van der Waals surface area contributed by atoms with Crippen LogP contribution in [0.5, 0.6) is 0 Å². The maximum Gasteiger partial charge on any atom is 0.416 e. The second-order valence-electron chi connectivity index (χ2n) is 15.7. The van der Waals surface area contributed by atoms with E-state index in [1.165, 1.54) is 19.6 Å². The molecule has 0 bridgehead atoms. The molecule has 0 saturated carbocycles. The first-order valence-corrected chi connectivity index (χ1v) is 26.6. The van der Waals surface area contributed by atoms with Gasteiger partial charge in [-0.05, 0) is 109 Å². The van der Waals surface area contributed by atoms with Gasteiger partial charge in [0.05, 0.1) is 18.7 Å². The molecule has 6 aromatic rings. The number of nitrogens with zero attached hydrogens (tertiary/aromatic N) is 4. The van der Waals surface area contributed by atoms with Crippen molar-refractivity contribution in [2.45, 2.75) is 27.7 Å². The second-order valence-corrected chi connectivity index (χ2v) is 23.2. The quantitative estimate of drug-likeness (QED) is 0.124. The summed E-state index contributed by atoms with van der Waals surface area (Å²) >= 11 is 13.8. The van der Waals surface area contributed by atoms with Gasteiger partial charge in [-0.3, -0.25) is 19.2 Å². The van der Waals surface area contributed by atoms with E-state index in [-0.39, 0.29) is 84.1 Å². The van der Waals surface area contributed by atoms with Crippen molar-refractivity contribution in [1.82, 2.24) is 29.0 Å². The zero-order valence-electron chi connectivity index (χ0n) is 36.8. The Morgan fingerprint density at radius 3 is 1.21 bits per heavy atom. The lowest BCUT2D eigenvalue weighted by Gasteiger charge is -2.33. The zero-order chi connectivity index (χ0) is 50.2. The molecule has 2 aliphatic rings. The van der Waals surface area contributed by atoms with Crippen molar-refractivity contribution < 1.29 is 49.2 Å². The Balaban J connectivity index is 0.000000208. The first kappa shape index (κ1) is 52.2. The average molecular weight is 1080 g/mol. The number of hydrogen-bond donors (Lipinski definition) is 2. The van der Waals surface area contributed by atoms with Crippen molar-refractivity contribution in [1.29, 1.82) is 0 Å². The number of nitrogens with one attached hydrogen (secondary N) is 2. The molecule has 0 spiro atoms. The molecule has 2 saturated heterocycles. The van der Waals surface area contributed by atoms with Crippen molar-refractivity contribution in [2.75, 3.05) is 52.4 Å². The van der Waals surface area contributed by atoms with E-state index < -0.39 is 37.7 Å². The Kier molecular flexibility index (Phi) is 16.9. The lowest BCUT2D eigenvalue weighted by molar-refractivity contribution is -0.137. The van der Waals surface area contributed by atoms with Gasteiger partial charge in [0.15, 0.2) is 0 Å². The van der Waals surface area contributed by atoms with Crippen molar-refractivity contribution in [3.05, 3.63) is 175 Å². The summed E-state index contributed by atoms with van der Waals surface area (Å²) in [5, 5.41) is 6.58. The number of alkyl halides is 3. The highest BCUT2D eigenvalue weighted by Crippen LogP contribution is 2.31. The first-order valence-electron chi connectivity index (χ1n) is 21.4. The van der Waals surface area contributed by atoms with E-state index in [0.717, 1.165) is 51.8 Å². The maximum absolute atomic E-state index is 13.1. The van der Waals surface area contributed by atoms with Crippen LogP contribution in [0.25, 0.3) is 0 Å². The van der Waals surface area contributed by atoms with E-state index >= 15 is 0 Å². The van der Waals surface area contributed by atoms with Crippen LogP contribution in [0.4, 0.5) is 13.2 Å². The molecule has 4 aromatic carbocycles. The van der Waals surface area contributed by atoms with Gasteiger partial charge in [-0.15, -0.1) is 22.7 Å². The molecule has 4 amide bonds. The molecule has 2 aromatic heterocycles. The van der Waals surface area contributed by atoms with Gasteiger partial charge in [0, 0.05) is 94.4 Å². The predicted molar refractivity (Wildman–Crippen MR) is 261 cm³/mol. The Hall–Kier alpha value is -5.65. The van der Waals surface area contributed by atoms with Crippen LogP contribution in [0.1, 0.15) is 56.7 Å². The Morgan fingerprint density at radius 2 is 0.843 bits per heavy atom. The number of amides is 4. The fourth-order valence-corrected chi connectivity index (χ4v) is 13.2. The molecular formula is C47H43Cl2F3N6O8S4. The van der Waals surface area contributed by atoms with E-state index in [4.69, 9.17) is 23.2 Å². The van der Waals surface area contributed by atoms with Crippen LogP contribution in [-0.2, 0) is 39.3 Å². The third kappa shape index (κ3) is 13.0. The van der Waals surface area contributed by atoms with Crippen LogP contribution in [0.15, 0.2) is 136 Å². The number of carbonyl (C=O) groups excluding carboxylic acids is 4. The monoisotopic (exact) mass is 1070 g/mol. The number of piperazine rings is 2. The molecule has 368 valence electrons. The lowest BCUT2D eigenvalue weighted by Crippen LogP contribution is -2.50. The van der Waals surface area contributed by atoms with Crippen molar-refractivity contribution in [2.24, 2.45) is 0 Å². The van der Waals surface area contributed by atoms with Crippen molar-refractivity contribution in [3.63, 3.8) is 0 Å². The van der Waals surface area contributed by atoms with E-state index in [1.54, 1.807) is 95.9 Å². The summed E-state index contributed by atoms with van der Waals surface area (Å²) in [4.78, 5) is 54.3. The number of thiophene rings is 2. The van der Waals surface area contributed by atoms with Gasteiger partial charge in [-0.1, -0.05) is 41.4 Å². The highest BCUT2D eigenvalue weighted by atomic mass is 35.5. The third-order valence-electron chi connectivity index (χ3n) is 11.1. The molecule has 0 atom stereocenters. The zero-order valence-corrected chi connectivity index (χ0v) is 41.6. The van der Waals surface area contributed by atoms with Crippen LogP contribution >= 0.6 is 45.9 Å². The number of sulfonamides is 2. The van der Waals surface area contributed by atoms with Gasteiger partial charge < -0.3 is 20.4 Å². The third-order valence-corrected chi connectivity index (χ3v) is 18.5. The summed E-state index contributed by atoms with van der Waals surface area (Å²) in [5.74, 6) is -1.13. The Morgan fingerprint density at radius 1 is 0.486 bits per heavy atom. The van der Waals surface area contributed by atoms with Gasteiger partial charge >= 0.3 is 6.18 Å². The van der Waals surface area contributed by atoms with E-state index in [2.05, 4.69) is 10.6 Å². The Labute approximate surface area is 420 Å². The lowest BCUT2D eigenvalue weighted by atomic mass is 10.1.